The Morgan fingerprint density at radius 1 is 1.08 bits per heavy atom. The number of amides is 1. The number of rotatable bonds is 5. The number of hydrogen-bond acceptors (Lipinski definition) is 2. The lowest BCUT2D eigenvalue weighted by Gasteiger charge is -2.18. The summed E-state index contributed by atoms with van der Waals surface area (Å²) >= 11 is 0. The van der Waals surface area contributed by atoms with Crippen molar-refractivity contribution in [1.82, 2.24) is 0 Å². The maximum absolute atomic E-state index is 13.2. The van der Waals surface area contributed by atoms with Crippen LogP contribution >= 0.6 is 0 Å². The minimum atomic E-state index is -0.654. The van der Waals surface area contributed by atoms with Gasteiger partial charge in [-0.25, -0.2) is 4.39 Å². The number of carbonyl (C=O) groups is 1. The molecule has 0 radical (unpaired) electrons. The highest BCUT2D eigenvalue weighted by Gasteiger charge is 2.19. The third-order valence-electron chi connectivity index (χ3n) is 3.77. The van der Waals surface area contributed by atoms with Gasteiger partial charge in [0.25, 0.3) is 5.91 Å². The molecule has 0 fully saturated rings. The fourth-order valence-corrected chi connectivity index (χ4v) is 2.56. The zero-order valence-corrected chi connectivity index (χ0v) is 13.3. The summed E-state index contributed by atoms with van der Waals surface area (Å²) in [5.41, 5.74) is 0.417. The Kier molecular flexibility index (Phi) is 4.75. The van der Waals surface area contributed by atoms with Gasteiger partial charge in [-0.15, -0.1) is 0 Å². The first kappa shape index (κ1) is 16.0. The van der Waals surface area contributed by atoms with Crippen molar-refractivity contribution in [3.8, 4) is 5.75 Å². The fourth-order valence-electron chi connectivity index (χ4n) is 2.56. The molecule has 3 aromatic rings. The summed E-state index contributed by atoms with van der Waals surface area (Å²) in [5.74, 6) is -0.0267. The van der Waals surface area contributed by atoms with Gasteiger partial charge in [-0.1, -0.05) is 49.4 Å². The van der Waals surface area contributed by atoms with Crippen LogP contribution in [0.25, 0.3) is 10.8 Å². The topological polar surface area (TPSA) is 38.3 Å². The van der Waals surface area contributed by atoms with E-state index in [0.717, 1.165) is 10.8 Å². The van der Waals surface area contributed by atoms with Gasteiger partial charge < -0.3 is 10.1 Å². The van der Waals surface area contributed by atoms with Gasteiger partial charge in [-0.3, -0.25) is 4.79 Å². The predicted octanol–water partition coefficient (Wildman–Crippen LogP) is 4.78. The van der Waals surface area contributed by atoms with E-state index in [4.69, 9.17) is 4.74 Å². The third-order valence-corrected chi connectivity index (χ3v) is 3.77. The van der Waals surface area contributed by atoms with E-state index >= 15 is 0 Å². The summed E-state index contributed by atoms with van der Waals surface area (Å²) in [6.07, 6.45) is -0.149. The average molecular weight is 323 g/mol. The Morgan fingerprint density at radius 3 is 2.62 bits per heavy atom. The second-order valence-corrected chi connectivity index (χ2v) is 5.49. The number of hydrogen-bond donors (Lipinski definition) is 1. The number of carbonyl (C=O) groups excluding carboxylic acids is 1. The van der Waals surface area contributed by atoms with E-state index in [-0.39, 0.29) is 5.91 Å². The highest BCUT2D eigenvalue weighted by molar-refractivity contribution is 5.95. The first-order valence-corrected chi connectivity index (χ1v) is 7.88. The molecule has 0 saturated carbocycles. The predicted molar refractivity (Wildman–Crippen MR) is 93.7 cm³/mol. The number of halogens is 1. The lowest BCUT2D eigenvalue weighted by Crippen LogP contribution is -2.32. The molecule has 0 aliphatic carbocycles. The van der Waals surface area contributed by atoms with Gasteiger partial charge in [0.2, 0.25) is 0 Å². The van der Waals surface area contributed by atoms with Crippen molar-refractivity contribution < 1.29 is 13.9 Å². The van der Waals surface area contributed by atoms with Crippen LogP contribution in [0.5, 0.6) is 5.75 Å². The first-order valence-electron chi connectivity index (χ1n) is 7.88. The largest absolute Gasteiger partial charge is 0.480 e. The van der Waals surface area contributed by atoms with Crippen molar-refractivity contribution in [3.63, 3.8) is 0 Å². The maximum Gasteiger partial charge on any atom is 0.265 e. The standard InChI is InChI=1S/C20H18FNO2/c1-2-18(20(23)22-16-10-6-9-15(21)13-16)24-19-12-5-8-14-7-3-4-11-17(14)19/h3-13,18H,2H2,1H3,(H,22,23). The van der Waals surface area contributed by atoms with Crippen LogP contribution < -0.4 is 10.1 Å². The molecule has 0 saturated heterocycles. The van der Waals surface area contributed by atoms with E-state index in [1.165, 1.54) is 12.1 Å². The summed E-state index contributed by atoms with van der Waals surface area (Å²) in [6, 6.07) is 19.4. The summed E-state index contributed by atoms with van der Waals surface area (Å²) in [7, 11) is 0. The van der Waals surface area contributed by atoms with Gasteiger partial charge in [-0.2, -0.15) is 0 Å². The smallest absolute Gasteiger partial charge is 0.265 e. The van der Waals surface area contributed by atoms with Crippen molar-refractivity contribution in [1.29, 1.82) is 0 Å². The second-order valence-electron chi connectivity index (χ2n) is 5.49. The maximum atomic E-state index is 13.2. The zero-order valence-electron chi connectivity index (χ0n) is 13.3. The molecule has 1 amide bonds. The van der Waals surface area contributed by atoms with Crippen LogP contribution in [-0.2, 0) is 4.79 Å². The quantitative estimate of drug-likeness (QED) is 0.734. The Morgan fingerprint density at radius 2 is 1.83 bits per heavy atom. The molecule has 1 N–H and O–H groups in total. The molecule has 0 aromatic heterocycles. The van der Waals surface area contributed by atoms with Crippen LogP contribution in [0.3, 0.4) is 0 Å². The number of nitrogens with one attached hydrogen (secondary N) is 1. The molecule has 1 unspecified atom stereocenters. The van der Waals surface area contributed by atoms with Crippen molar-refractivity contribution in [3.05, 3.63) is 72.5 Å². The molecule has 24 heavy (non-hydrogen) atoms. The summed E-state index contributed by atoms with van der Waals surface area (Å²) in [6.45, 7) is 1.88. The second kappa shape index (κ2) is 7.13. The molecular weight excluding hydrogens is 305 g/mol. The minimum absolute atomic E-state index is 0.295. The Bertz CT molecular complexity index is 858. The Labute approximate surface area is 140 Å². The lowest BCUT2D eigenvalue weighted by atomic mass is 10.1. The molecule has 0 heterocycles. The number of anilines is 1. The molecule has 4 heteroatoms. The number of ether oxygens (including phenoxy) is 1. The van der Waals surface area contributed by atoms with Gasteiger partial charge in [0, 0.05) is 11.1 Å². The van der Waals surface area contributed by atoms with Crippen LogP contribution in [0.1, 0.15) is 13.3 Å². The van der Waals surface area contributed by atoms with Crippen LogP contribution in [0.2, 0.25) is 0 Å². The molecule has 3 nitrogen and oxygen atoms in total. The summed E-state index contributed by atoms with van der Waals surface area (Å²) in [4.78, 5) is 12.4. The molecule has 122 valence electrons. The molecule has 0 spiro atoms. The SMILES string of the molecule is CCC(Oc1cccc2ccccc12)C(=O)Nc1cccc(F)c1. The molecule has 0 bridgehead atoms. The first-order chi connectivity index (χ1) is 11.7. The van der Waals surface area contributed by atoms with Gasteiger partial charge in [0.05, 0.1) is 0 Å². The van der Waals surface area contributed by atoms with E-state index in [2.05, 4.69) is 5.32 Å². The van der Waals surface area contributed by atoms with Crippen molar-refractivity contribution in [2.45, 2.75) is 19.4 Å². The van der Waals surface area contributed by atoms with E-state index in [0.29, 0.717) is 17.9 Å². The molecule has 1 atom stereocenters. The fraction of sp³-hybridized carbons (Fsp3) is 0.150. The van der Waals surface area contributed by atoms with Crippen LogP contribution in [0.4, 0.5) is 10.1 Å². The highest BCUT2D eigenvalue weighted by atomic mass is 19.1. The van der Waals surface area contributed by atoms with Gasteiger partial charge in [0.15, 0.2) is 6.10 Å². The van der Waals surface area contributed by atoms with E-state index in [1.54, 1.807) is 12.1 Å². The van der Waals surface area contributed by atoms with Crippen molar-refractivity contribution in [2.75, 3.05) is 5.32 Å². The van der Waals surface area contributed by atoms with Crippen molar-refractivity contribution in [2.24, 2.45) is 0 Å². The van der Waals surface area contributed by atoms with Gasteiger partial charge in [0.1, 0.15) is 11.6 Å². The van der Waals surface area contributed by atoms with Gasteiger partial charge in [-0.05, 0) is 36.1 Å². The third kappa shape index (κ3) is 3.54. The van der Waals surface area contributed by atoms with Crippen LogP contribution in [0, 0.1) is 5.82 Å². The van der Waals surface area contributed by atoms with Crippen LogP contribution in [0.15, 0.2) is 66.7 Å². The summed E-state index contributed by atoms with van der Waals surface area (Å²) in [5, 5.41) is 4.70. The highest BCUT2D eigenvalue weighted by Crippen LogP contribution is 2.26. The molecule has 0 aliphatic heterocycles. The monoisotopic (exact) mass is 323 g/mol. The van der Waals surface area contributed by atoms with E-state index in [1.807, 2.05) is 49.4 Å². The Hall–Kier alpha value is -2.88. The number of fused-ring (bicyclic) bond motifs is 1. The van der Waals surface area contributed by atoms with Crippen LogP contribution in [-0.4, -0.2) is 12.0 Å². The Balaban J connectivity index is 1.79. The molecule has 0 aliphatic rings. The summed E-state index contributed by atoms with van der Waals surface area (Å²) < 4.78 is 19.2. The molecule has 3 rings (SSSR count). The number of benzene rings is 3. The van der Waals surface area contributed by atoms with Crippen molar-refractivity contribution >= 4 is 22.4 Å². The minimum Gasteiger partial charge on any atom is -0.480 e. The average Bonchev–Trinajstić information content (AvgIpc) is 2.59. The normalized spacial score (nSPS) is 11.9. The molecule has 3 aromatic carbocycles. The molecular formula is C20H18FNO2. The zero-order chi connectivity index (χ0) is 16.9. The lowest BCUT2D eigenvalue weighted by molar-refractivity contribution is -0.122. The van der Waals surface area contributed by atoms with E-state index in [9.17, 15) is 9.18 Å². The van der Waals surface area contributed by atoms with Gasteiger partial charge >= 0.3 is 0 Å². The van der Waals surface area contributed by atoms with E-state index < -0.39 is 11.9 Å².